The van der Waals surface area contributed by atoms with Gasteiger partial charge < -0.3 is 10.6 Å². The van der Waals surface area contributed by atoms with Crippen LogP contribution in [0.5, 0.6) is 0 Å². The van der Waals surface area contributed by atoms with Crippen molar-refractivity contribution in [2.24, 2.45) is 0 Å². The fourth-order valence-electron chi connectivity index (χ4n) is 2.48. The highest BCUT2D eigenvalue weighted by Gasteiger charge is 2.18. The second-order valence-corrected chi connectivity index (χ2v) is 6.21. The number of likely N-dealkylation sites (tertiary alicyclic amines) is 1. The number of nitrogens with zero attached hydrogens (tertiary/aromatic N) is 2. The second kappa shape index (κ2) is 7.51. The van der Waals surface area contributed by atoms with Crippen molar-refractivity contribution in [2.45, 2.75) is 39.2 Å². The van der Waals surface area contributed by atoms with Crippen LogP contribution in [0.25, 0.3) is 0 Å². The molecule has 1 unspecified atom stereocenters. The summed E-state index contributed by atoms with van der Waals surface area (Å²) in [5.41, 5.74) is 0.357. The summed E-state index contributed by atoms with van der Waals surface area (Å²) in [5.74, 6) is -0.372. The Morgan fingerprint density at radius 1 is 1.48 bits per heavy atom. The normalized spacial score (nSPS) is 19.2. The van der Waals surface area contributed by atoms with E-state index in [1.807, 2.05) is 0 Å². The molecule has 1 saturated heterocycles. The van der Waals surface area contributed by atoms with Crippen molar-refractivity contribution in [2.75, 3.05) is 25.0 Å². The fourth-order valence-corrected chi connectivity index (χ4v) is 3.22. The lowest BCUT2D eigenvalue weighted by molar-refractivity contribution is -0.114. The molecular weight excluding hydrogens is 288 g/mol. The zero-order chi connectivity index (χ0) is 15.2. The molecular formula is C14H22N4O2S. The molecule has 116 valence electrons. The van der Waals surface area contributed by atoms with Crippen molar-refractivity contribution < 1.29 is 9.59 Å². The highest BCUT2D eigenvalue weighted by Crippen LogP contribution is 2.16. The highest BCUT2D eigenvalue weighted by atomic mass is 32.1. The Bertz CT molecular complexity index is 503. The molecule has 0 radical (unpaired) electrons. The van der Waals surface area contributed by atoms with Gasteiger partial charge in [-0.15, -0.1) is 11.3 Å². The lowest BCUT2D eigenvalue weighted by atomic mass is 10.0. The first-order valence-electron chi connectivity index (χ1n) is 7.31. The first-order chi connectivity index (χ1) is 10.1. The molecule has 1 atom stereocenters. The summed E-state index contributed by atoms with van der Waals surface area (Å²) in [6.45, 7) is 6.26. The predicted molar refractivity (Wildman–Crippen MR) is 83.6 cm³/mol. The SMILES string of the molecule is CC(=O)Nc1nc(C(=O)NCCN2CCCCC2C)cs1. The van der Waals surface area contributed by atoms with Gasteiger partial charge in [0, 0.05) is 31.4 Å². The second-order valence-electron chi connectivity index (χ2n) is 5.36. The number of nitrogens with one attached hydrogen (secondary N) is 2. The third-order valence-corrected chi connectivity index (χ3v) is 4.40. The van der Waals surface area contributed by atoms with Crippen molar-refractivity contribution in [1.29, 1.82) is 0 Å². The van der Waals surface area contributed by atoms with Crippen LogP contribution in [0.1, 0.15) is 43.6 Å². The van der Waals surface area contributed by atoms with Crippen molar-refractivity contribution in [3.63, 3.8) is 0 Å². The number of amides is 2. The minimum Gasteiger partial charge on any atom is -0.349 e. The predicted octanol–water partition coefficient (Wildman–Crippen LogP) is 1.71. The van der Waals surface area contributed by atoms with E-state index in [-0.39, 0.29) is 11.8 Å². The van der Waals surface area contributed by atoms with Gasteiger partial charge in [0.05, 0.1) is 0 Å². The van der Waals surface area contributed by atoms with Crippen LogP contribution in [-0.2, 0) is 4.79 Å². The van der Waals surface area contributed by atoms with E-state index >= 15 is 0 Å². The summed E-state index contributed by atoms with van der Waals surface area (Å²) < 4.78 is 0. The van der Waals surface area contributed by atoms with Crippen molar-refractivity contribution >= 4 is 28.3 Å². The largest absolute Gasteiger partial charge is 0.349 e. The molecule has 1 fully saturated rings. The van der Waals surface area contributed by atoms with E-state index in [0.717, 1.165) is 13.1 Å². The van der Waals surface area contributed by atoms with E-state index in [1.165, 1.54) is 37.5 Å². The summed E-state index contributed by atoms with van der Waals surface area (Å²) in [5, 5.41) is 7.57. The Kier molecular flexibility index (Phi) is 5.69. The standard InChI is InChI=1S/C14H22N4O2S/c1-10-5-3-4-7-18(10)8-6-15-13(20)12-9-21-14(17-12)16-11(2)19/h9-10H,3-8H2,1-2H3,(H,15,20)(H,16,17,19). The maximum Gasteiger partial charge on any atom is 0.270 e. The zero-order valence-corrected chi connectivity index (χ0v) is 13.3. The molecule has 1 aromatic heterocycles. The molecule has 0 aromatic carbocycles. The first-order valence-corrected chi connectivity index (χ1v) is 8.19. The molecule has 1 aliphatic heterocycles. The molecule has 0 bridgehead atoms. The third-order valence-electron chi connectivity index (χ3n) is 3.64. The lowest BCUT2D eigenvalue weighted by Gasteiger charge is -2.33. The number of hydrogen-bond acceptors (Lipinski definition) is 5. The van der Waals surface area contributed by atoms with Crippen LogP contribution >= 0.6 is 11.3 Å². The van der Waals surface area contributed by atoms with Crippen LogP contribution in [-0.4, -0.2) is 47.4 Å². The molecule has 2 N–H and O–H groups in total. The molecule has 7 heteroatoms. The molecule has 2 amide bonds. The number of aromatic nitrogens is 1. The van der Waals surface area contributed by atoms with Gasteiger partial charge in [-0.3, -0.25) is 14.5 Å². The van der Waals surface area contributed by atoms with Gasteiger partial charge in [0.1, 0.15) is 5.69 Å². The molecule has 0 aliphatic carbocycles. The van der Waals surface area contributed by atoms with Crippen LogP contribution < -0.4 is 10.6 Å². The van der Waals surface area contributed by atoms with Crippen LogP contribution in [0.4, 0.5) is 5.13 Å². The zero-order valence-electron chi connectivity index (χ0n) is 12.5. The molecule has 6 nitrogen and oxygen atoms in total. The van der Waals surface area contributed by atoms with Crippen LogP contribution in [0, 0.1) is 0 Å². The molecule has 21 heavy (non-hydrogen) atoms. The van der Waals surface area contributed by atoms with Crippen LogP contribution in [0.3, 0.4) is 0 Å². The van der Waals surface area contributed by atoms with Gasteiger partial charge in [-0.25, -0.2) is 4.98 Å². The quantitative estimate of drug-likeness (QED) is 0.868. The van der Waals surface area contributed by atoms with Crippen molar-refractivity contribution in [1.82, 2.24) is 15.2 Å². The van der Waals surface area contributed by atoms with Crippen molar-refractivity contribution in [3.8, 4) is 0 Å². The Morgan fingerprint density at radius 3 is 3.00 bits per heavy atom. The maximum absolute atomic E-state index is 12.0. The van der Waals surface area contributed by atoms with Crippen LogP contribution in [0.15, 0.2) is 5.38 Å². The Labute approximate surface area is 128 Å². The van der Waals surface area contributed by atoms with Crippen molar-refractivity contribution in [3.05, 3.63) is 11.1 Å². The van der Waals surface area contributed by atoms with Gasteiger partial charge in [0.2, 0.25) is 5.91 Å². The number of hydrogen-bond donors (Lipinski definition) is 2. The van der Waals surface area contributed by atoms with Gasteiger partial charge in [-0.1, -0.05) is 6.42 Å². The minimum atomic E-state index is -0.187. The average Bonchev–Trinajstić information content (AvgIpc) is 2.88. The fraction of sp³-hybridized carbons (Fsp3) is 0.643. The molecule has 0 saturated carbocycles. The van der Waals surface area contributed by atoms with Gasteiger partial charge in [0.15, 0.2) is 5.13 Å². The van der Waals surface area contributed by atoms with E-state index < -0.39 is 0 Å². The molecule has 1 aliphatic rings. The van der Waals surface area contributed by atoms with Crippen LogP contribution in [0.2, 0.25) is 0 Å². The van der Waals surface area contributed by atoms with Gasteiger partial charge >= 0.3 is 0 Å². The molecule has 2 heterocycles. The van der Waals surface area contributed by atoms with E-state index in [1.54, 1.807) is 5.38 Å². The lowest BCUT2D eigenvalue weighted by Crippen LogP contribution is -2.42. The highest BCUT2D eigenvalue weighted by molar-refractivity contribution is 7.14. The topological polar surface area (TPSA) is 74.3 Å². The maximum atomic E-state index is 12.0. The molecule has 2 rings (SSSR count). The monoisotopic (exact) mass is 310 g/mol. The van der Waals surface area contributed by atoms with Gasteiger partial charge in [-0.2, -0.15) is 0 Å². The van der Waals surface area contributed by atoms with E-state index in [0.29, 0.717) is 23.4 Å². The number of thiazole rings is 1. The number of anilines is 1. The van der Waals surface area contributed by atoms with Gasteiger partial charge in [-0.05, 0) is 26.3 Å². The van der Waals surface area contributed by atoms with Gasteiger partial charge in [0.25, 0.3) is 5.91 Å². The van der Waals surface area contributed by atoms with E-state index in [9.17, 15) is 9.59 Å². The molecule has 1 aromatic rings. The number of carbonyl (C=O) groups is 2. The minimum absolute atomic E-state index is 0.185. The summed E-state index contributed by atoms with van der Waals surface area (Å²) in [6.07, 6.45) is 3.78. The number of rotatable bonds is 5. The number of carbonyl (C=O) groups excluding carboxylic acids is 2. The average molecular weight is 310 g/mol. The summed E-state index contributed by atoms with van der Waals surface area (Å²) in [6, 6.07) is 0.598. The van der Waals surface area contributed by atoms with E-state index in [4.69, 9.17) is 0 Å². The summed E-state index contributed by atoms with van der Waals surface area (Å²) >= 11 is 1.25. The van der Waals surface area contributed by atoms with E-state index in [2.05, 4.69) is 27.4 Å². The number of piperidine rings is 1. The third kappa shape index (κ3) is 4.78. The Balaban J connectivity index is 1.76. The Morgan fingerprint density at radius 2 is 2.29 bits per heavy atom. The molecule has 0 spiro atoms. The smallest absolute Gasteiger partial charge is 0.270 e. The Hall–Kier alpha value is -1.47. The first kappa shape index (κ1) is 15.9. The summed E-state index contributed by atoms with van der Waals surface area (Å²) in [4.78, 5) is 29.4. The summed E-state index contributed by atoms with van der Waals surface area (Å²) in [7, 11) is 0.